The van der Waals surface area contributed by atoms with Gasteiger partial charge >= 0.3 is 0 Å². The molecule has 1 atom stereocenters. The zero-order valence-electron chi connectivity index (χ0n) is 16.3. The van der Waals surface area contributed by atoms with Crippen LogP contribution in [0.1, 0.15) is 26.8 Å². The molecule has 1 aliphatic rings. The topological polar surface area (TPSA) is 67.9 Å². The van der Waals surface area contributed by atoms with E-state index in [0.29, 0.717) is 17.2 Å². The van der Waals surface area contributed by atoms with Crippen LogP contribution in [0.3, 0.4) is 0 Å². The Morgan fingerprint density at radius 2 is 1.87 bits per heavy atom. The molecule has 0 bridgehead atoms. The number of fused-ring (bicyclic) bond motifs is 1. The fraction of sp³-hybridized carbons (Fsp3) is 0.182. The van der Waals surface area contributed by atoms with Gasteiger partial charge in [-0.05, 0) is 41.8 Å². The first-order valence-electron chi connectivity index (χ1n) is 9.18. The van der Waals surface area contributed by atoms with Crippen molar-refractivity contribution in [2.45, 2.75) is 6.04 Å². The molecular formula is C22H19BrN2O4S. The number of amides is 2. The van der Waals surface area contributed by atoms with Crippen molar-refractivity contribution in [3.05, 3.63) is 74.4 Å². The molecular weight excluding hydrogens is 468 g/mol. The van der Waals surface area contributed by atoms with E-state index in [1.807, 2.05) is 35.7 Å². The summed E-state index contributed by atoms with van der Waals surface area (Å²) in [6, 6.07) is 14.3. The van der Waals surface area contributed by atoms with Gasteiger partial charge in [-0.25, -0.2) is 0 Å². The van der Waals surface area contributed by atoms with Gasteiger partial charge in [0.2, 0.25) is 5.91 Å². The van der Waals surface area contributed by atoms with Crippen LogP contribution >= 0.6 is 27.3 Å². The van der Waals surface area contributed by atoms with E-state index in [9.17, 15) is 9.59 Å². The summed E-state index contributed by atoms with van der Waals surface area (Å²) >= 11 is 5.05. The summed E-state index contributed by atoms with van der Waals surface area (Å²) in [6.45, 7) is -0.102. The van der Waals surface area contributed by atoms with Crippen LogP contribution in [0.5, 0.6) is 11.5 Å². The normalized spacial score (nSPS) is 15.8. The molecule has 4 rings (SSSR count). The molecule has 0 fully saturated rings. The quantitative estimate of drug-likeness (QED) is 0.579. The van der Waals surface area contributed by atoms with Crippen LogP contribution in [0, 0.1) is 0 Å². The molecule has 1 aromatic heterocycles. The molecule has 3 aromatic rings. The second-order valence-electron chi connectivity index (χ2n) is 6.67. The number of methoxy groups -OCH3 is 2. The summed E-state index contributed by atoms with van der Waals surface area (Å²) in [5.74, 6) is 0.178. The average molecular weight is 487 g/mol. The molecule has 0 aliphatic carbocycles. The molecule has 30 heavy (non-hydrogen) atoms. The van der Waals surface area contributed by atoms with Crippen LogP contribution < -0.4 is 14.8 Å². The summed E-state index contributed by atoms with van der Waals surface area (Å²) < 4.78 is 11.7. The Morgan fingerprint density at radius 1 is 1.13 bits per heavy atom. The van der Waals surface area contributed by atoms with Crippen molar-refractivity contribution in [3.8, 4) is 11.5 Å². The fourth-order valence-electron chi connectivity index (χ4n) is 3.63. The van der Waals surface area contributed by atoms with Crippen molar-refractivity contribution >= 4 is 44.8 Å². The highest BCUT2D eigenvalue weighted by Gasteiger charge is 2.36. The minimum Gasteiger partial charge on any atom is -0.496 e. The third-order valence-corrected chi connectivity index (χ3v) is 6.34. The largest absolute Gasteiger partial charge is 0.496 e. The second kappa shape index (κ2) is 8.49. The van der Waals surface area contributed by atoms with Crippen LogP contribution in [0.25, 0.3) is 0 Å². The lowest BCUT2D eigenvalue weighted by atomic mass is 10.0. The third-order valence-electron chi connectivity index (χ3n) is 4.92. The standard InChI is InChI=1S/C22H19BrN2O4S/c1-28-16-5-3-6-17(29-2)20(16)22(27)25-12-19(26)24-15-9-8-13(23)11-14(15)21(25)18-7-4-10-30-18/h3-11,21H,12H2,1-2H3,(H,24,26). The molecule has 154 valence electrons. The van der Waals surface area contributed by atoms with Crippen LogP contribution in [-0.2, 0) is 4.79 Å². The first-order valence-corrected chi connectivity index (χ1v) is 10.9. The smallest absolute Gasteiger partial charge is 0.262 e. The molecule has 2 amide bonds. The van der Waals surface area contributed by atoms with Crippen molar-refractivity contribution in [2.75, 3.05) is 26.1 Å². The number of nitrogens with zero attached hydrogens (tertiary/aromatic N) is 1. The molecule has 8 heteroatoms. The van der Waals surface area contributed by atoms with Gasteiger partial charge in [0, 0.05) is 20.6 Å². The number of hydrogen-bond donors (Lipinski definition) is 1. The maximum Gasteiger partial charge on any atom is 0.262 e. The van der Waals surface area contributed by atoms with Gasteiger partial charge < -0.3 is 19.7 Å². The Bertz CT molecular complexity index is 1080. The van der Waals surface area contributed by atoms with Gasteiger partial charge in [-0.3, -0.25) is 9.59 Å². The molecule has 1 N–H and O–H groups in total. The number of nitrogens with one attached hydrogen (secondary N) is 1. The maximum absolute atomic E-state index is 13.8. The number of anilines is 1. The van der Waals surface area contributed by atoms with Gasteiger partial charge in [-0.1, -0.05) is 28.1 Å². The van der Waals surface area contributed by atoms with Crippen LogP contribution in [0.15, 0.2) is 58.4 Å². The van der Waals surface area contributed by atoms with Crippen LogP contribution in [-0.4, -0.2) is 37.5 Å². The molecule has 1 unspecified atom stereocenters. The molecule has 2 aromatic carbocycles. The summed E-state index contributed by atoms with van der Waals surface area (Å²) in [4.78, 5) is 29.1. The third kappa shape index (κ3) is 3.68. The fourth-order valence-corrected chi connectivity index (χ4v) is 4.86. The molecule has 0 spiro atoms. The van der Waals surface area contributed by atoms with Gasteiger partial charge in [0.05, 0.1) is 20.3 Å². The predicted molar refractivity (Wildman–Crippen MR) is 120 cm³/mol. The summed E-state index contributed by atoms with van der Waals surface area (Å²) in [6.07, 6.45) is 0. The molecule has 1 aliphatic heterocycles. The van der Waals surface area contributed by atoms with E-state index >= 15 is 0 Å². The number of carbonyl (C=O) groups excluding carboxylic acids is 2. The van der Waals surface area contributed by atoms with E-state index in [1.165, 1.54) is 25.6 Å². The van der Waals surface area contributed by atoms with Crippen molar-refractivity contribution in [2.24, 2.45) is 0 Å². The average Bonchev–Trinajstić information content (AvgIpc) is 3.23. The van der Waals surface area contributed by atoms with E-state index in [1.54, 1.807) is 23.1 Å². The van der Waals surface area contributed by atoms with Gasteiger partial charge in [-0.15, -0.1) is 11.3 Å². The summed E-state index contributed by atoms with van der Waals surface area (Å²) in [5, 5.41) is 4.88. The zero-order valence-corrected chi connectivity index (χ0v) is 18.7. The van der Waals surface area contributed by atoms with Crippen LogP contribution in [0.4, 0.5) is 5.69 Å². The number of rotatable bonds is 4. The Morgan fingerprint density at radius 3 is 2.50 bits per heavy atom. The number of carbonyl (C=O) groups is 2. The Hall–Kier alpha value is -2.84. The van der Waals surface area contributed by atoms with Crippen molar-refractivity contribution in [3.63, 3.8) is 0 Å². The SMILES string of the molecule is COc1cccc(OC)c1C(=O)N1CC(=O)Nc2ccc(Br)cc2C1c1cccs1. The van der Waals surface area contributed by atoms with E-state index in [0.717, 1.165) is 14.9 Å². The predicted octanol–water partition coefficient (Wildman–Crippen LogP) is 4.71. The Balaban J connectivity index is 1.91. The van der Waals surface area contributed by atoms with Crippen molar-refractivity contribution < 1.29 is 19.1 Å². The molecule has 0 saturated carbocycles. The maximum atomic E-state index is 13.8. The first-order chi connectivity index (χ1) is 14.5. The van der Waals surface area contributed by atoms with Gasteiger partial charge in [0.25, 0.3) is 5.91 Å². The second-order valence-corrected chi connectivity index (χ2v) is 8.56. The van der Waals surface area contributed by atoms with Crippen molar-refractivity contribution in [1.82, 2.24) is 4.90 Å². The Labute approximate surface area is 186 Å². The van der Waals surface area contributed by atoms with Crippen LogP contribution in [0.2, 0.25) is 0 Å². The Kier molecular flexibility index (Phi) is 5.78. The molecule has 0 saturated heterocycles. The summed E-state index contributed by atoms with van der Waals surface area (Å²) in [5.41, 5.74) is 1.80. The monoisotopic (exact) mass is 486 g/mol. The highest BCUT2D eigenvalue weighted by Crippen LogP contribution is 2.41. The van der Waals surface area contributed by atoms with E-state index in [4.69, 9.17) is 9.47 Å². The number of benzene rings is 2. The minimum absolute atomic E-state index is 0.102. The zero-order chi connectivity index (χ0) is 21.3. The highest BCUT2D eigenvalue weighted by atomic mass is 79.9. The number of hydrogen-bond acceptors (Lipinski definition) is 5. The lowest BCUT2D eigenvalue weighted by molar-refractivity contribution is -0.117. The van der Waals surface area contributed by atoms with Gasteiger partial charge in [-0.2, -0.15) is 0 Å². The van der Waals surface area contributed by atoms with Gasteiger partial charge in [0.15, 0.2) is 0 Å². The van der Waals surface area contributed by atoms with Crippen molar-refractivity contribution in [1.29, 1.82) is 0 Å². The lowest BCUT2D eigenvalue weighted by Gasteiger charge is -2.30. The number of thiophene rings is 1. The first kappa shape index (κ1) is 20.4. The minimum atomic E-state index is -0.446. The van der Waals surface area contributed by atoms with Gasteiger partial charge in [0.1, 0.15) is 23.6 Å². The molecule has 6 nitrogen and oxygen atoms in total. The van der Waals surface area contributed by atoms with E-state index in [-0.39, 0.29) is 23.9 Å². The number of ether oxygens (including phenoxy) is 2. The summed E-state index contributed by atoms with van der Waals surface area (Å²) in [7, 11) is 3.01. The number of halogens is 1. The highest BCUT2D eigenvalue weighted by molar-refractivity contribution is 9.10. The molecule has 2 heterocycles. The van der Waals surface area contributed by atoms with E-state index in [2.05, 4.69) is 21.2 Å². The van der Waals surface area contributed by atoms with E-state index < -0.39 is 6.04 Å². The lowest BCUT2D eigenvalue weighted by Crippen LogP contribution is -2.39. The molecule has 0 radical (unpaired) electrons.